The third-order valence-corrected chi connectivity index (χ3v) is 6.34. The van der Waals surface area contributed by atoms with E-state index in [0.717, 1.165) is 64.8 Å². The summed E-state index contributed by atoms with van der Waals surface area (Å²) in [4.78, 5) is 17.3. The molecule has 0 saturated carbocycles. The molecule has 0 atom stereocenters. The number of nitrogens with zero attached hydrogens (tertiary/aromatic N) is 5. The Balaban J connectivity index is 1.51. The van der Waals surface area contributed by atoms with Gasteiger partial charge in [0, 0.05) is 18.5 Å². The normalized spacial score (nSPS) is 11.3. The number of nitrogens with one attached hydrogen (secondary N) is 1. The molecule has 5 aromatic rings. The summed E-state index contributed by atoms with van der Waals surface area (Å²) in [5, 5.41) is 15.2. The van der Waals surface area contributed by atoms with E-state index in [0.29, 0.717) is 17.8 Å². The number of tetrazole rings is 1. The summed E-state index contributed by atoms with van der Waals surface area (Å²) in [6.07, 6.45) is 4.06. The van der Waals surface area contributed by atoms with Crippen LogP contribution in [-0.4, -0.2) is 30.2 Å². The van der Waals surface area contributed by atoms with Gasteiger partial charge in [-0.3, -0.25) is 4.79 Å². The molecule has 176 valence electrons. The van der Waals surface area contributed by atoms with Crippen molar-refractivity contribution in [3.63, 3.8) is 0 Å². The number of aromatic nitrogens is 6. The zero-order valence-electron chi connectivity index (χ0n) is 20.0. The fraction of sp³-hybridized carbons (Fsp3) is 0.250. The first-order valence-corrected chi connectivity index (χ1v) is 12.1. The molecule has 0 amide bonds. The van der Waals surface area contributed by atoms with Gasteiger partial charge in [0.1, 0.15) is 5.82 Å². The topological polar surface area (TPSA) is 89.4 Å². The highest BCUT2D eigenvalue weighted by molar-refractivity contribution is 5.81. The monoisotopic (exact) mass is 464 g/mol. The summed E-state index contributed by atoms with van der Waals surface area (Å²) in [5.74, 6) is 1.42. The fourth-order valence-corrected chi connectivity index (χ4v) is 4.51. The summed E-state index contributed by atoms with van der Waals surface area (Å²) >= 11 is 0. The van der Waals surface area contributed by atoms with E-state index in [9.17, 15) is 4.79 Å². The Labute approximate surface area is 203 Å². The van der Waals surface area contributed by atoms with E-state index in [4.69, 9.17) is 0 Å². The van der Waals surface area contributed by atoms with Crippen molar-refractivity contribution in [2.24, 2.45) is 0 Å². The molecule has 5 rings (SSSR count). The van der Waals surface area contributed by atoms with Crippen LogP contribution in [0.15, 0.2) is 71.5 Å². The Morgan fingerprint density at radius 1 is 0.943 bits per heavy atom. The van der Waals surface area contributed by atoms with E-state index >= 15 is 0 Å². The molecule has 35 heavy (non-hydrogen) atoms. The number of fused-ring (bicyclic) bond motifs is 1. The number of aromatic amines is 1. The SMILES string of the molecule is CCCCCc1nc(=O)c2cc(C)ccc2n1Cc1ccc(-c2ccccc2-c2nn[nH]n2)cc1. The van der Waals surface area contributed by atoms with Gasteiger partial charge >= 0.3 is 0 Å². The maximum atomic E-state index is 12.8. The third-order valence-electron chi connectivity index (χ3n) is 6.34. The first kappa shape index (κ1) is 22.7. The highest BCUT2D eigenvalue weighted by Gasteiger charge is 2.13. The van der Waals surface area contributed by atoms with Gasteiger partial charge in [0.2, 0.25) is 5.82 Å². The van der Waals surface area contributed by atoms with Crippen LogP contribution in [0.25, 0.3) is 33.4 Å². The van der Waals surface area contributed by atoms with Gasteiger partial charge in [-0.2, -0.15) is 10.2 Å². The minimum Gasteiger partial charge on any atom is -0.325 e. The molecule has 1 N–H and O–H groups in total. The molecule has 0 aliphatic rings. The number of H-pyrrole nitrogens is 1. The van der Waals surface area contributed by atoms with Crippen LogP contribution in [0.2, 0.25) is 0 Å². The van der Waals surface area contributed by atoms with Crippen LogP contribution in [0.3, 0.4) is 0 Å². The van der Waals surface area contributed by atoms with Gasteiger partial charge in [-0.25, -0.2) is 0 Å². The van der Waals surface area contributed by atoms with E-state index in [-0.39, 0.29) is 5.56 Å². The largest absolute Gasteiger partial charge is 0.325 e. The van der Waals surface area contributed by atoms with E-state index in [1.54, 1.807) is 0 Å². The number of benzene rings is 3. The summed E-state index contributed by atoms with van der Waals surface area (Å²) in [5.41, 5.74) is 6.07. The van der Waals surface area contributed by atoms with Crippen molar-refractivity contribution in [2.75, 3.05) is 0 Å². The summed E-state index contributed by atoms with van der Waals surface area (Å²) in [6, 6.07) is 22.6. The van der Waals surface area contributed by atoms with Crippen molar-refractivity contribution in [2.45, 2.75) is 46.1 Å². The molecule has 0 spiro atoms. The lowest BCUT2D eigenvalue weighted by Crippen LogP contribution is -2.20. The van der Waals surface area contributed by atoms with Crippen LogP contribution >= 0.6 is 0 Å². The number of hydrogen-bond acceptors (Lipinski definition) is 5. The van der Waals surface area contributed by atoms with E-state index in [1.807, 2.05) is 37.3 Å². The van der Waals surface area contributed by atoms with Crippen LogP contribution in [0.4, 0.5) is 0 Å². The second-order valence-corrected chi connectivity index (χ2v) is 8.87. The van der Waals surface area contributed by atoms with Gasteiger partial charge < -0.3 is 4.57 Å². The Kier molecular flexibility index (Phi) is 6.48. The smallest absolute Gasteiger partial charge is 0.280 e. The Morgan fingerprint density at radius 3 is 2.49 bits per heavy atom. The molecule has 3 aromatic carbocycles. The highest BCUT2D eigenvalue weighted by Crippen LogP contribution is 2.30. The van der Waals surface area contributed by atoms with Crippen LogP contribution in [0, 0.1) is 6.92 Å². The number of aryl methyl sites for hydroxylation is 2. The van der Waals surface area contributed by atoms with Gasteiger partial charge in [0.15, 0.2) is 0 Å². The second kappa shape index (κ2) is 10.0. The molecule has 0 unspecified atom stereocenters. The average Bonchev–Trinajstić information content (AvgIpc) is 3.42. The van der Waals surface area contributed by atoms with Gasteiger partial charge in [-0.05, 0) is 47.4 Å². The van der Waals surface area contributed by atoms with Crippen molar-refractivity contribution in [3.8, 4) is 22.5 Å². The first-order chi connectivity index (χ1) is 17.1. The molecular weight excluding hydrogens is 436 g/mol. The molecule has 7 heteroatoms. The molecular formula is C28H28N6O. The quantitative estimate of drug-likeness (QED) is 0.313. The standard InChI is InChI=1S/C28H28N6O/c1-3-4-5-10-26-29-28(35)24-17-19(2)11-16-25(24)34(26)18-20-12-14-21(15-13-20)22-8-6-7-9-23(22)27-30-32-33-31-27/h6-9,11-17H,3-5,10,18H2,1-2H3,(H,30,31,32,33). The number of rotatable bonds is 8. The predicted molar refractivity (Wildman–Crippen MR) is 138 cm³/mol. The van der Waals surface area contributed by atoms with Crippen molar-refractivity contribution in [1.82, 2.24) is 30.2 Å². The van der Waals surface area contributed by atoms with Crippen molar-refractivity contribution >= 4 is 10.9 Å². The molecule has 0 bridgehead atoms. The van der Waals surface area contributed by atoms with Crippen LogP contribution in [0.1, 0.15) is 43.1 Å². The molecule has 0 aliphatic heterocycles. The number of unbranched alkanes of at least 4 members (excludes halogenated alkanes) is 2. The summed E-state index contributed by atoms with van der Waals surface area (Å²) in [7, 11) is 0. The molecule has 0 aliphatic carbocycles. The molecule has 0 saturated heterocycles. The predicted octanol–water partition coefficient (Wildman–Crippen LogP) is 5.33. The van der Waals surface area contributed by atoms with Gasteiger partial charge in [0.05, 0.1) is 10.9 Å². The Morgan fingerprint density at radius 2 is 1.74 bits per heavy atom. The van der Waals surface area contributed by atoms with Gasteiger partial charge in [-0.1, -0.05) is 79.9 Å². The van der Waals surface area contributed by atoms with Crippen LogP contribution in [0.5, 0.6) is 0 Å². The van der Waals surface area contributed by atoms with E-state index in [1.165, 1.54) is 0 Å². The molecule has 0 fully saturated rings. The van der Waals surface area contributed by atoms with Crippen LogP contribution < -0.4 is 5.56 Å². The zero-order chi connectivity index (χ0) is 24.2. The summed E-state index contributed by atoms with van der Waals surface area (Å²) < 4.78 is 2.20. The molecule has 0 radical (unpaired) electrons. The Hall–Kier alpha value is -4.13. The fourth-order valence-electron chi connectivity index (χ4n) is 4.51. The maximum Gasteiger partial charge on any atom is 0.280 e. The minimum absolute atomic E-state index is 0.139. The summed E-state index contributed by atoms with van der Waals surface area (Å²) in [6.45, 7) is 4.84. The van der Waals surface area contributed by atoms with Gasteiger partial charge in [0.25, 0.3) is 5.56 Å². The zero-order valence-corrected chi connectivity index (χ0v) is 20.0. The first-order valence-electron chi connectivity index (χ1n) is 12.1. The lowest BCUT2D eigenvalue weighted by Gasteiger charge is -2.17. The van der Waals surface area contributed by atoms with Crippen molar-refractivity contribution in [1.29, 1.82) is 0 Å². The molecule has 7 nitrogen and oxygen atoms in total. The lowest BCUT2D eigenvalue weighted by molar-refractivity contribution is 0.644. The van der Waals surface area contributed by atoms with E-state index in [2.05, 4.69) is 73.5 Å². The number of hydrogen-bond donors (Lipinski definition) is 1. The molecule has 2 aromatic heterocycles. The average molecular weight is 465 g/mol. The second-order valence-electron chi connectivity index (χ2n) is 8.87. The van der Waals surface area contributed by atoms with Crippen molar-refractivity contribution in [3.05, 3.63) is 94.0 Å². The highest BCUT2D eigenvalue weighted by atomic mass is 16.1. The lowest BCUT2D eigenvalue weighted by atomic mass is 9.98. The van der Waals surface area contributed by atoms with Crippen molar-refractivity contribution < 1.29 is 0 Å². The minimum atomic E-state index is -0.139. The van der Waals surface area contributed by atoms with Crippen LogP contribution in [-0.2, 0) is 13.0 Å². The maximum absolute atomic E-state index is 12.8. The van der Waals surface area contributed by atoms with E-state index < -0.39 is 0 Å². The van der Waals surface area contributed by atoms with Gasteiger partial charge in [-0.15, -0.1) is 10.2 Å². The Bertz CT molecular complexity index is 1500. The third kappa shape index (κ3) is 4.75. The molecule has 2 heterocycles.